The van der Waals surface area contributed by atoms with E-state index in [0.29, 0.717) is 59.6 Å². The number of aromatic amines is 1. The number of nitrogens with one attached hydrogen (secondary N) is 2. The Morgan fingerprint density at radius 1 is 0.949 bits per heavy atom. The molecule has 8 nitrogen and oxygen atoms in total. The summed E-state index contributed by atoms with van der Waals surface area (Å²) in [6.45, 7) is 4.31. The number of aliphatic hydroxyl groups excluding tert-OH is 2. The molecular weight excluding hydrogens is 492 g/mol. The fraction of sp³-hybridized carbons (Fsp3) is 0.290. The lowest BCUT2D eigenvalue weighted by atomic mass is 9.99. The first-order chi connectivity index (χ1) is 19.0. The van der Waals surface area contributed by atoms with Gasteiger partial charge in [-0.3, -0.25) is 9.69 Å². The van der Waals surface area contributed by atoms with E-state index >= 15 is 0 Å². The fourth-order valence-electron chi connectivity index (χ4n) is 4.52. The average Bonchev–Trinajstić information content (AvgIpc) is 3.28. The van der Waals surface area contributed by atoms with Gasteiger partial charge < -0.3 is 25.6 Å². The van der Waals surface area contributed by atoms with Crippen LogP contribution in [0.1, 0.15) is 46.8 Å². The molecule has 0 bridgehead atoms. The molecule has 5 N–H and O–H groups in total. The van der Waals surface area contributed by atoms with Crippen LogP contribution in [-0.2, 0) is 6.54 Å². The largest absolute Gasteiger partial charge is 0.494 e. The average molecular weight is 529 g/mol. The van der Waals surface area contributed by atoms with E-state index in [4.69, 9.17) is 4.99 Å². The molecule has 1 heterocycles. The molecule has 204 valence electrons. The molecule has 0 aliphatic heterocycles. The summed E-state index contributed by atoms with van der Waals surface area (Å²) in [6, 6.07) is 22.7. The Balaban J connectivity index is 1.72. The second-order valence-corrected chi connectivity index (χ2v) is 9.43. The van der Waals surface area contributed by atoms with Gasteiger partial charge in [-0.15, -0.1) is 0 Å². The molecule has 0 radical (unpaired) electrons. The Morgan fingerprint density at radius 3 is 2.33 bits per heavy atom. The van der Waals surface area contributed by atoms with Crippen LogP contribution in [0.4, 0.5) is 5.69 Å². The summed E-state index contributed by atoms with van der Waals surface area (Å²) in [5, 5.41) is 33.2. The van der Waals surface area contributed by atoms with Gasteiger partial charge in [0.05, 0.1) is 30.2 Å². The second-order valence-electron chi connectivity index (χ2n) is 9.43. The maximum Gasteiger partial charge on any atom is 0.251 e. The number of unbranched alkanes of at least 4 members (excludes halogenated alkanes) is 1. The van der Waals surface area contributed by atoms with Gasteiger partial charge in [-0.25, -0.2) is 4.99 Å². The normalized spacial score (nSPS) is 11.8. The monoisotopic (exact) mass is 528 g/mol. The molecule has 0 saturated carbocycles. The lowest BCUT2D eigenvalue weighted by Crippen LogP contribution is -2.29. The first-order valence-electron chi connectivity index (χ1n) is 13.3. The molecule has 1 aromatic heterocycles. The van der Waals surface area contributed by atoms with Gasteiger partial charge in [-0.2, -0.15) is 0 Å². The van der Waals surface area contributed by atoms with Gasteiger partial charge >= 0.3 is 0 Å². The van der Waals surface area contributed by atoms with E-state index in [1.165, 1.54) is 0 Å². The number of carbonyl (C=O) groups is 1. The van der Waals surface area contributed by atoms with Gasteiger partial charge in [0.1, 0.15) is 0 Å². The predicted molar refractivity (Wildman–Crippen MR) is 155 cm³/mol. The van der Waals surface area contributed by atoms with Crippen molar-refractivity contribution in [1.82, 2.24) is 15.2 Å². The third-order valence-corrected chi connectivity index (χ3v) is 6.56. The van der Waals surface area contributed by atoms with E-state index in [9.17, 15) is 20.1 Å². The van der Waals surface area contributed by atoms with Crippen molar-refractivity contribution in [2.24, 2.45) is 4.99 Å². The Kier molecular flexibility index (Phi) is 9.85. The van der Waals surface area contributed by atoms with Crippen molar-refractivity contribution in [3.63, 3.8) is 0 Å². The molecule has 4 rings (SSSR count). The Morgan fingerprint density at radius 2 is 1.67 bits per heavy atom. The zero-order valence-corrected chi connectivity index (χ0v) is 22.2. The minimum absolute atomic E-state index is 0.0172. The molecule has 0 atom stereocenters. The highest BCUT2D eigenvalue weighted by atomic mass is 16.3. The summed E-state index contributed by atoms with van der Waals surface area (Å²) in [6.07, 6.45) is 1.91. The lowest BCUT2D eigenvalue weighted by Gasteiger charge is -2.20. The zero-order chi connectivity index (χ0) is 27.6. The number of aromatic hydroxyl groups is 1. The summed E-state index contributed by atoms with van der Waals surface area (Å²) in [5.74, 6) is -0.168. The van der Waals surface area contributed by atoms with Crippen LogP contribution >= 0.6 is 0 Å². The predicted octanol–water partition coefficient (Wildman–Crippen LogP) is 4.36. The van der Waals surface area contributed by atoms with Crippen LogP contribution in [-0.4, -0.2) is 69.7 Å². The van der Waals surface area contributed by atoms with Gasteiger partial charge in [0, 0.05) is 48.2 Å². The van der Waals surface area contributed by atoms with Crippen molar-refractivity contribution < 1.29 is 20.1 Å². The van der Waals surface area contributed by atoms with E-state index in [-0.39, 0.29) is 25.0 Å². The van der Waals surface area contributed by atoms with Crippen LogP contribution in [0.2, 0.25) is 0 Å². The number of hydrogen-bond donors (Lipinski definition) is 5. The summed E-state index contributed by atoms with van der Waals surface area (Å²) in [5.41, 5.74) is 4.90. The SMILES string of the molecule is CCCCNC(=O)c1ccc2[nH]c(O)c(C(=Nc3ccc(CN(CCO)CCO)cc3)c3ccccc3)c2c1. The highest BCUT2D eigenvalue weighted by molar-refractivity contribution is 6.22. The van der Waals surface area contributed by atoms with Gasteiger partial charge in [-0.05, 0) is 42.3 Å². The van der Waals surface area contributed by atoms with Crippen LogP contribution in [0.3, 0.4) is 0 Å². The van der Waals surface area contributed by atoms with Crippen LogP contribution < -0.4 is 5.32 Å². The van der Waals surface area contributed by atoms with Crippen molar-refractivity contribution in [1.29, 1.82) is 0 Å². The van der Waals surface area contributed by atoms with Gasteiger partial charge in [-0.1, -0.05) is 55.8 Å². The highest BCUT2D eigenvalue weighted by Crippen LogP contribution is 2.32. The Hall–Kier alpha value is -3.98. The summed E-state index contributed by atoms with van der Waals surface area (Å²) in [4.78, 5) is 22.7. The van der Waals surface area contributed by atoms with E-state index in [2.05, 4.69) is 17.2 Å². The van der Waals surface area contributed by atoms with Crippen LogP contribution in [0.5, 0.6) is 5.88 Å². The minimum atomic E-state index is -0.151. The third kappa shape index (κ3) is 7.11. The van der Waals surface area contributed by atoms with Crippen molar-refractivity contribution in [3.8, 4) is 5.88 Å². The standard InChI is InChI=1S/C31H36N4O4/c1-2-3-15-32-30(38)24-11-14-27-26(20-24)28(31(39)34-27)29(23-7-5-4-6-8-23)33-25-12-9-22(10-13-25)21-35(16-18-36)17-19-37/h4-14,20,34,36-37,39H,2-3,15-19,21H2,1H3,(H,32,38). The number of aromatic nitrogens is 1. The molecule has 8 heteroatoms. The number of benzene rings is 3. The van der Waals surface area contributed by atoms with E-state index in [1.807, 2.05) is 59.5 Å². The number of rotatable bonds is 13. The van der Waals surface area contributed by atoms with Gasteiger partial charge in [0.15, 0.2) is 5.88 Å². The molecule has 4 aromatic rings. The van der Waals surface area contributed by atoms with Crippen molar-refractivity contribution >= 4 is 28.2 Å². The van der Waals surface area contributed by atoms with Crippen LogP contribution in [0.25, 0.3) is 10.9 Å². The topological polar surface area (TPSA) is 121 Å². The van der Waals surface area contributed by atoms with Crippen LogP contribution in [0, 0.1) is 0 Å². The third-order valence-electron chi connectivity index (χ3n) is 6.56. The number of H-pyrrole nitrogens is 1. The smallest absolute Gasteiger partial charge is 0.251 e. The van der Waals surface area contributed by atoms with Crippen molar-refractivity contribution in [2.75, 3.05) is 32.8 Å². The molecule has 0 aliphatic carbocycles. The molecule has 39 heavy (non-hydrogen) atoms. The first kappa shape index (κ1) is 28.0. The number of amides is 1. The number of aliphatic hydroxyl groups is 2. The molecule has 0 saturated heterocycles. The minimum Gasteiger partial charge on any atom is -0.494 e. The quantitative estimate of drug-likeness (QED) is 0.130. The molecule has 0 spiro atoms. The number of fused-ring (bicyclic) bond motifs is 1. The fourth-order valence-corrected chi connectivity index (χ4v) is 4.52. The molecule has 0 aliphatic rings. The number of aliphatic imine (C=N–C) groups is 1. The molecule has 0 unspecified atom stereocenters. The van der Waals surface area contributed by atoms with Gasteiger partial charge in [0.2, 0.25) is 0 Å². The van der Waals surface area contributed by atoms with Gasteiger partial charge in [0.25, 0.3) is 5.91 Å². The maximum atomic E-state index is 12.8. The number of nitrogens with zero attached hydrogens (tertiary/aromatic N) is 2. The first-order valence-corrected chi connectivity index (χ1v) is 13.3. The van der Waals surface area contributed by atoms with E-state index in [1.54, 1.807) is 18.2 Å². The van der Waals surface area contributed by atoms with Crippen molar-refractivity contribution in [3.05, 3.63) is 95.1 Å². The summed E-state index contributed by atoms with van der Waals surface area (Å²) in [7, 11) is 0. The summed E-state index contributed by atoms with van der Waals surface area (Å²) < 4.78 is 0. The molecule has 1 amide bonds. The molecule has 0 fully saturated rings. The zero-order valence-electron chi connectivity index (χ0n) is 22.2. The Labute approximate surface area is 228 Å². The van der Waals surface area contributed by atoms with Crippen molar-refractivity contribution in [2.45, 2.75) is 26.3 Å². The summed E-state index contributed by atoms with van der Waals surface area (Å²) >= 11 is 0. The molecule has 3 aromatic carbocycles. The van der Waals surface area contributed by atoms with E-state index in [0.717, 1.165) is 24.0 Å². The van der Waals surface area contributed by atoms with Crippen LogP contribution in [0.15, 0.2) is 77.8 Å². The Bertz CT molecular complexity index is 1390. The molecular formula is C31H36N4O4. The lowest BCUT2D eigenvalue weighted by molar-refractivity contribution is 0.0953. The van der Waals surface area contributed by atoms with E-state index < -0.39 is 0 Å². The second kappa shape index (κ2) is 13.7. The number of carbonyl (C=O) groups excluding carboxylic acids is 1. The maximum absolute atomic E-state index is 12.8. The number of hydrogen-bond acceptors (Lipinski definition) is 6. The highest BCUT2D eigenvalue weighted by Gasteiger charge is 2.20.